The number of nitrogens with one attached hydrogen (secondary N) is 1. The van der Waals surface area contributed by atoms with Crippen molar-refractivity contribution in [1.29, 1.82) is 0 Å². The quantitative estimate of drug-likeness (QED) is 0.788. The molecule has 0 saturated carbocycles. The van der Waals surface area contributed by atoms with Gasteiger partial charge in [-0.1, -0.05) is 12.0 Å². The molecule has 0 aliphatic heterocycles. The Labute approximate surface area is 98.7 Å². The van der Waals surface area contributed by atoms with Crippen molar-refractivity contribution in [3.8, 4) is 12.3 Å². The monoisotopic (exact) mass is 223 g/mol. The van der Waals surface area contributed by atoms with Crippen LogP contribution in [0.4, 0.5) is 5.69 Å². The van der Waals surface area contributed by atoms with E-state index in [1.165, 1.54) is 18.6 Å². The van der Waals surface area contributed by atoms with Gasteiger partial charge in [-0.05, 0) is 18.2 Å². The lowest BCUT2D eigenvalue weighted by molar-refractivity contribution is 0.102. The topological polar surface area (TPSA) is 54.9 Å². The third kappa shape index (κ3) is 2.67. The normalized spacial score (nSPS) is 9.35. The molecule has 0 aliphatic carbocycles. The first kappa shape index (κ1) is 10.8. The van der Waals surface area contributed by atoms with Gasteiger partial charge < -0.3 is 5.32 Å². The zero-order chi connectivity index (χ0) is 12.1. The van der Waals surface area contributed by atoms with Crippen LogP contribution in [0.2, 0.25) is 0 Å². The van der Waals surface area contributed by atoms with Crippen LogP contribution in [0.15, 0.2) is 42.9 Å². The minimum Gasteiger partial charge on any atom is -0.321 e. The Kier molecular flexibility index (Phi) is 3.13. The van der Waals surface area contributed by atoms with Crippen molar-refractivity contribution in [3.63, 3.8) is 0 Å². The van der Waals surface area contributed by atoms with E-state index in [1.54, 1.807) is 24.3 Å². The highest BCUT2D eigenvalue weighted by atomic mass is 16.1. The lowest BCUT2D eigenvalue weighted by atomic mass is 10.2. The van der Waals surface area contributed by atoms with E-state index >= 15 is 0 Å². The Morgan fingerprint density at radius 1 is 1.35 bits per heavy atom. The van der Waals surface area contributed by atoms with Gasteiger partial charge >= 0.3 is 0 Å². The summed E-state index contributed by atoms with van der Waals surface area (Å²) in [7, 11) is 0. The summed E-state index contributed by atoms with van der Waals surface area (Å²) in [6.07, 6.45) is 9.65. The zero-order valence-corrected chi connectivity index (χ0v) is 8.92. The fraction of sp³-hybridized carbons (Fsp3) is 0. The Morgan fingerprint density at radius 2 is 2.24 bits per heavy atom. The van der Waals surface area contributed by atoms with Crippen molar-refractivity contribution in [1.82, 2.24) is 9.97 Å². The van der Waals surface area contributed by atoms with E-state index in [1.807, 2.05) is 0 Å². The molecule has 4 heteroatoms. The van der Waals surface area contributed by atoms with Crippen LogP contribution in [0, 0.1) is 12.3 Å². The second kappa shape index (κ2) is 4.90. The lowest BCUT2D eigenvalue weighted by Crippen LogP contribution is -2.13. The molecule has 1 aromatic carbocycles. The number of aromatic nitrogens is 2. The summed E-state index contributed by atoms with van der Waals surface area (Å²) in [5.41, 5.74) is 1.61. The smallest absolute Gasteiger partial charge is 0.275 e. The average molecular weight is 223 g/mol. The number of anilines is 1. The molecular formula is C13H9N3O. The molecule has 0 unspecified atom stereocenters. The van der Waals surface area contributed by atoms with Gasteiger partial charge in [0.05, 0.1) is 6.20 Å². The van der Waals surface area contributed by atoms with Gasteiger partial charge in [0.2, 0.25) is 0 Å². The molecule has 2 aromatic rings. The Hall–Kier alpha value is -2.67. The molecule has 1 N–H and O–H groups in total. The number of hydrogen-bond acceptors (Lipinski definition) is 3. The molecule has 1 heterocycles. The SMILES string of the molecule is C#Cc1cccc(NC(=O)c2cnccn2)c1. The maximum absolute atomic E-state index is 11.7. The van der Waals surface area contributed by atoms with Crippen LogP contribution in [0.5, 0.6) is 0 Å². The largest absolute Gasteiger partial charge is 0.321 e. The van der Waals surface area contributed by atoms with Crippen LogP contribution in [0.1, 0.15) is 16.1 Å². The predicted octanol–water partition coefficient (Wildman–Crippen LogP) is 1.71. The highest BCUT2D eigenvalue weighted by molar-refractivity contribution is 6.02. The van der Waals surface area contributed by atoms with Crippen molar-refractivity contribution >= 4 is 11.6 Å². The van der Waals surface area contributed by atoms with Crippen molar-refractivity contribution in [2.24, 2.45) is 0 Å². The van der Waals surface area contributed by atoms with Crippen molar-refractivity contribution in [2.45, 2.75) is 0 Å². The molecular weight excluding hydrogens is 214 g/mol. The molecule has 2 rings (SSSR count). The van der Waals surface area contributed by atoms with Crippen molar-refractivity contribution < 1.29 is 4.79 Å². The Morgan fingerprint density at radius 3 is 2.94 bits per heavy atom. The van der Waals surface area contributed by atoms with E-state index in [0.29, 0.717) is 11.3 Å². The summed E-state index contributed by atoms with van der Waals surface area (Å²) in [5, 5.41) is 2.70. The van der Waals surface area contributed by atoms with Crippen LogP contribution in [-0.4, -0.2) is 15.9 Å². The highest BCUT2D eigenvalue weighted by Crippen LogP contribution is 2.10. The fourth-order valence-corrected chi connectivity index (χ4v) is 1.30. The molecule has 0 spiro atoms. The lowest BCUT2D eigenvalue weighted by Gasteiger charge is -2.04. The van der Waals surface area contributed by atoms with E-state index in [4.69, 9.17) is 6.42 Å². The maximum Gasteiger partial charge on any atom is 0.275 e. The molecule has 0 fully saturated rings. The molecule has 17 heavy (non-hydrogen) atoms. The number of terminal acetylenes is 1. The second-order valence-corrected chi connectivity index (χ2v) is 3.27. The van der Waals surface area contributed by atoms with Gasteiger partial charge in [-0.2, -0.15) is 0 Å². The molecule has 0 radical (unpaired) electrons. The summed E-state index contributed by atoms with van der Waals surface area (Å²) in [5.74, 6) is 2.19. The van der Waals surface area contributed by atoms with Crippen LogP contribution in [-0.2, 0) is 0 Å². The number of carbonyl (C=O) groups is 1. The Bertz CT molecular complexity index is 573. The zero-order valence-electron chi connectivity index (χ0n) is 8.92. The standard InChI is InChI=1S/C13H9N3O/c1-2-10-4-3-5-11(8-10)16-13(17)12-9-14-6-7-15-12/h1,3-9H,(H,16,17). The van der Waals surface area contributed by atoms with Crippen molar-refractivity contribution in [3.05, 3.63) is 54.1 Å². The van der Waals surface area contributed by atoms with Crippen molar-refractivity contribution in [2.75, 3.05) is 5.32 Å². The van der Waals surface area contributed by atoms with Gasteiger partial charge in [-0.3, -0.25) is 9.78 Å². The second-order valence-electron chi connectivity index (χ2n) is 3.27. The number of benzene rings is 1. The summed E-state index contributed by atoms with van der Waals surface area (Å²) < 4.78 is 0. The van der Waals surface area contributed by atoms with Crippen LogP contribution in [0.25, 0.3) is 0 Å². The first-order valence-corrected chi connectivity index (χ1v) is 4.93. The molecule has 0 atom stereocenters. The molecule has 0 aliphatic rings. The minimum absolute atomic E-state index is 0.263. The van der Waals surface area contributed by atoms with E-state index in [2.05, 4.69) is 21.2 Å². The molecule has 1 aromatic heterocycles. The average Bonchev–Trinajstić information content (AvgIpc) is 2.40. The van der Waals surface area contributed by atoms with Gasteiger partial charge in [0, 0.05) is 23.6 Å². The number of nitrogens with zero attached hydrogens (tertiary/aromatic N) is 2. The first-order valence-electron chi connectivity index (χ1n) is 4.93. The van der Waals surface area contributed by atoms with Crippen LogP contribution in [0.3, 0.4) is 0 Å². The summed E-state index contributed by atoms with van der Waals surface area (Å²) in [4.78, 5) is 19.5. The van der Waals surface area contributed by atoms with Gasteiger partial charge in [-0.25, -0.2) is 4.98 Å². The van der Waals surface area contributed by atoms with E-state index in [-0.39, 0.29) is 11.6 Å². The molecule has 0 saturated heterocycles. The summed E-state index contributed by atoms with van der Waals surface area (Å²) in [6.45, 7) is 0. The third-order valence-electron chi connectivity index (χ3n) is 2.08. The number of hydrogen-bond donors (Lipinski definition) is 1. The number of amides is 1. The van der Waals surface area contributed by atoms with Gasteiger partial charge in [0.15, 0.2) is 0 Å². The summed E-state index contributed by atoms with van der Waals surface area (Å²) >= 11 is 0. The van der Waals surface area contributed by atoms with E-state index < -0.39 is 0 Å². The summed E-state index contributed by atoms with van der Waals surface area (Å²) in [6, 6.07) is 7.04. The number of carbonyl (C=O) groups excluding carboxylic acids is 1. The molecule has 0 bridgehead atoms. The van der Waals surface area contributed by atoms with E-state index in [9.17, 15) is 4.79 Å². The Balaban J connectivity index is 2.17. The molecule has 4 nitrogen and oxygen atoms in total. The molecule has 1 amide bonds. The van der Waals surface area contributed by atoms with Crippen LogP contribution >= 0.6 is 0 Å². The van der Waals surface area contributed by atoms with Gasteiger partial charge in [0.1, 0.15) is 5.69 Å². The van der Waals surface area contributed by atoms with E-state index in [0.717, 1.165) is 0 Å². The molecule has 82 valence electrons. The predicted molar refractivity (Wildman–Crippen MR) is 64.4 cm³/mol. The fourth-order valence-electron chi connectivity index (χ4n) is 1.30. The van der Waals surface area contributed by atoms with Gasteiger partial charge in [0.25, 0.3) is 5.91 Å². The maximum atomic E-state index is 11.7. The minimum atomic E-state index is -0.313. The van der Waals surface area contributed by atoms with Gasteiger partial charge in [-0.15, -0.1) is 6.42 Å². The van der Waals surface area contributed by atoms with Crippen LogP contribution < -0.4 is 5.32 Å². The number of rotatable bonds is 2. The highest BCUT2D eigenvalue weighted by Gasteiger charge is 2.06. The first-order chi connectivity index (χ1) is 8.29. The third-order valence-corrected chi connectivity index (χ3v) is 2.08.